The van der Waals surface area contributed by atoms with E-state index in [2.05, 4.69) is 4.98 Å². The zero-order valence-corrected chi connectivity index (χ0v) is 11.3. The predicted molar refractivity (Wildman–Crippen MR) is 70.1 cm³/mol. The normalized spacial score (nSPS) is 23.2. The van der Waals surface area contributed by atoms with Gasteiger partial charge in [0.25, 0.3) is 5.91 Å². The fraction of sp³-hybridized carbons (Fsp3) is 0.462. The predicted octanol–water partition coefficient (Wildman–Crippen LogP) is 2.06. The van der Waals surface area contributed by atoms with Gasteiger partial charge in [0, 0.05) is 25.0 Å². The fourth-order valence-corrected chi connectivity index (χ4v) is 2.66. The molecule has 2 rings (SSSR count). The number of nitrogens with zero attached hydrogens (tertiary/aromatic N) is 2. The van der Waals surface area contributed by atoms with E-state index >= 15 is 0 Å². The van der Waals surface area contributed by atoms with E-state index in [4.69, 9.17) is 16.7 Å². The van der Waals surface area contributed by atoms with E-state index in [1.807, 2.05) is 0 Å². The Hall–Kier alpha value is -1.62. The van der Waals surface area contributed by atoms with Gasteiger partial charge in [0.1, 0.15) is 0 Å². The molecule has 0 saturated carbocycles. The van der Waals surface area contributed by atoms with Gasteiger partial charge in [0.2, 0.25) is 0 Å². The van der Waals surface area contributed by atoms with Crippen LogP contribution in [0.4, 0.5) is 0 Å². The van der Waals surface area contributed by atoms with Gasteiger partial charge in [-0.1, -0.05) is 11.6 Å². The Kier molecular flexibility index (Phi) is 4.04. The lowest BCUT2D eigenvalue weighted by atomic mass is 9.90. The number of carboxylic acids is 1. The summed E-state index contributed by atoms with van der Waals surface area (Å²) in [7, 11) is 0. The molecule has 1 aliphatic heterocycles. The first kappa shape index (κ1) is 13.8. The number of carbonyl (C=O) groups is 2. The second-order valence-corrected chi connectivity index (χ2v) is 5.09. The Morgan fingerprint density at radius 1 is 1.53 bits per heavy atom. The van der Waals surface area contributed by atoms with Crippen LogP contribution in [0.25, 0.3) is 0 Å². The molecule has 19 heavy (non-hydrogen) atoms. The maximum atomic E-state index is 12.4. The van der Waals surface area contributed by atoms with Gasteiger partial charge in [0.15, 0.2) is 0 Å². The highest BCUT2D eigenvalue weighted by Gasteiger charge is 2.36. The third kappa shape index (κ3) is 2.71. The maximum absolute atomic E-state index is 12.4. The van der Waals surface area contributed by atoms with Crippen molar-refractivity contribution in [3.05, 3.63) is 29.0 Å². The molecule has 2 atom stereocenters. The molecule has 1 aromatic rings. The molecule has 0 spiro atoms. The van der Waals surface area contributed by atoms with Gasteiger partial charge in [-0.15, -0.1) is 0 Å². The molecule has 0 aliphatic carbocycles. The van der Waals surface area contributed by atoms with Crippen molar-refractivity contribution in [1.29, 1.82) is 0 Å². The molecule has 2 heterocycles. The number of aliphatic carboxylic acids is 1. The summed E-state index contributed by atoms with van der Waals surface area (Å²) >= 11 is 5.96. The Morgan fingerprint density at radius 3 is 2.89 bits per heavy atom. The number of rotatable bonds is 2. The lowest BCUT2D eigenvalue weighted by Gasteiger charge is -2.37. The van der Waals surface area contributed by atoms with Crippen molar-refractivity contribution in [2.75, 3.05) is 6.54 Å². The first-order valence-electron chi connectivity index (χ1n) is 6.15. The van der Waals surface area contributed by atoms with Crippen LogP contribution in [0, 0.1) is 5.92 Å². The minimum Gasteiger partial charge on any atom is -0.481 e. The summed E-state index contributed by atoms with van der Waals surface area (Å²) in [6.45, 7) is 2.33. The Morgan fingerprint density at radius 2 is 2.26 bits per heavy atom. The van der Waals surface area contributed by atoms with Crippen molar-refractivity contribution in [1.82, 2.24) is 9.88 Å². The zero-order chi connectivity index (χ0) is 14.0. The molecule has 1 aromatic heterocycles. The van der Waals surface area contributed by atoms with Crippen molar-refractivity contribution in [2.24, 2.45) is 5.92 Å². The fourth-order valence-electron chi connectivity index (χ4n) is 2.46. The number of aromatic nitrogens is 1. The minimum atomic E-state index is -0.856. The summed E-state index contributed by atoms with van der Waals surface area (Å²) < 4.78 is 0. The van der Waals surface area contributed by atoms with Gasteiger partial charge >= 0.3 is 5.97 Å². The molecule has 1 fully saturated rings. The van der Waals surface area contributed by atoms with E-state index in [1.165, 1.54) is 12.4 Å². The molecule has 0 aromatic carbocycles. The Balaban J connectivity index is 2.24. The zero-order valence-electron chi connectivity index (χ0n) is 10.5. The van der Waals surface area contributed by atoms with Crippen molar-refractivity contribution in [3.63, 3.8) is 0 Å². The summed E-state index contributed by atoms with van der Waals surface area (Å²) in [6, 6.07) is 1.23. The summed E-state index contributed by atoms with van der Waals surface area (Å²) in [5, 5.41) is 9.45. The standard InChI is InChI=1S/C13H15ClN2O3/c1-8-9(13(18)19)3-2-6-16(8)12(17)10-4-5-15-7-11(10)14/h4-5,7-9H,2-3,6H2,1H3,(H,18,19)/t8-,9-/m1/s1. The number of piperidine rings is 1. The third-order valence-electron chi connectivity index (χ3n) is 3.57. The number of carbonyl (C=O) groups excluding carboxylic acids is 1. The first-order chi connectivity index (χ1) is 9.02. The summed E-state index contributed by atoms with van der Waals surface area (Å²) in [4.78, 5) is 29.0. The molecular weight excluding hydrogens is 268 g/mol. The van der Waals surface area contributed by atoms with Crippen molar-refractivity contribution < 1.29 is 14.7 Å². The van der Waals surface area contributed by atoms with Gasteiger partial charge < -0.3 is 10.0 Å². The molecule has 0 unspecified atom stereocenters. The largest absolute Gasteiger partial charge is 0.481 e. The van der Waals surface area contributed by atoms with Crippen LogP contribution < -0.4 is 0 Å². The van der Waals surface area contributed by atoms with Gasteiger partial charge in [-0.3, -0.25) is 14.6 Å². The number of hydrogen-bond donors (Lipinski definition) is 1. The lowest BCUT2D eigenvalue weighted by molar-refractivity contribution is -0.144. The van der Waals surface area contributed by atoms with E-state index in [1.54, 1.807) is 17.9 Å². The van der Waals surface area contributed by atoms with E-state index < -0.39 is 11.9 Å². The summed E-state index contributed by atoms with van der Waals surface area (Å²) in [5.41, 5.74) is 0.370. The van der Waals surface area contributed by atoms with Crippen LogP contribution in [0.15, 0.2) is 18.5 Å². The third-order valence-corrected chi connectivity index (χ3v) is 3.87. The SMILES string of the molecule is C[C@@H]1[C@H](C(=O)O)CCCN1C(=O)c1ccncc1Cl. The summed E-state index contributed by atoms with van der Waals surface area (Å²) in [6.07, 6.45) is 4.21. The molecular formula is C13H15ClN2O3. The number of halogens is 1. The second-order valence-electron chi connectivity index (χ2n) is 4.68. The smallest absolute Gasteiger partial charge is 0.308 e. The molecule has 6 heteroatoms. The van der Waals surface area contributed by atoms with E-state index in [9.17, 15) is 9.59 Å². The molecule has 1 amide bonds. The van der Waals surface area contributed by atoms with Crippen molar-refractivity contribution in [2.45, 2.75) is 25.8 Å². The first-order valence-corrected chi connectivity index (χ1v) is 6.53. The van der Waals surface area contributed by atoms with Gasteiger partial charge in [-0.25, -0.2) is 0 Å². The topological polar surface area (TPSA) is 70.5 Å². The van der Waals surface area contributed by atoms with Crippen LogP contribution in [-0.2, 0) is 4.79 Å². The number of hydrogen-bond acceptors (Lipinski definition) is 3. The Labute approximate surface area is 116 Å². The number of likely N-dealkylation sites (tertiary alicyclic amines) is 1. The van der Waals surface area contributed by atoms with Crippen LogP contribution in [0.1, 0.15) is 30.1 Å². The van der Waals surface area contributed by atoms with Crippen LogP contribution in [0.2, 0.25) is 5.02 Å². The van der Waals surface area contributed by atoms with Crippen LogP contribution in [0.5, 0.6) is 0 Å². The van der Waals surface area contributed by atoms with Crippen molar-refractivity contribution >= 4 is 23.5 Å². The van der Waals surface area contributed by atoms with Gasteiger partial charge in [-0.05, 0) is 25.8 Å². The van der Waals surface area contributed by atoms with Crippen LogP contribution in [0.3, 0.4) is 0 Å². The van der Waals surface area contributed by atoms with E-state index in [0.29, 0.717) is 24.9 Å². The molecule has 1 saturated heterocycles. The molecule has 0 bridgehead atoms. The Bertz CT molecular complexity index is 506. The van der Waals surface area contributed by atoms with Gasteiger partial charge in [0.05, 0.1) is 16.5 Å². The lowest BCUT2D eigenvalue weighted by Crippen LogP contribution is -2.49. The van der Waals surface area contributed by atoms with Crippen molar-refractivity contribution in [3.8, 4) is 0 Å². The number of carboxylic acid groups (broad SMARTS) is 1. The number of pyridine rings is 1. The van der Waals surface area contributed by atoms with E-state index in [-0.39, 0.29) is 17.0 Å². The quantitative estimate of drug-likeness (QED) is 0.901. The van der Waals surface area contributed by atoms with Gasteiger partial charge in [-0.2, -0.15) is 0 Å². The molecule has 1 aliphatic rings. The number of amides is 1. The monoisotopic (exact) mass is 282 g/mol. The highest BCUT2D eigenvalue weighted by molar-refractivity contribution is 6.33. The van der Waals surface area contributed by atoms with E-state index in [0.717, 1.165) is 0 Å². The molecule has 0 radical (unpaired) electrons. The van der Waals surface area contributed by atoms with Crippen LogP contribution in [-0.4, -0.2) is 39.5 Å². The highest BCUT2D eigenvalue weighted by Crippen LogP contribution is 2.26. The molecule has 102 valence electrons. The summed E-state index contributed by atoms with van der Waals surface area (Å²) in [5.74, 6) is -1.60. The highest BCUT2D eigenvalue weighted by atomic mass is 35.5. The molecule has 5 nitrogen and oxygen atoms in total. The minimum absolute atomic E-state index is 0.231. The average Bonchev–Trinajstić information content (AvgIpc) is 2.38. The second kappa shape index (κ2) is 5.57. The maximum Gasteiger partial charge on any atom is 0.308 e. The molecule has 1 N–H and O–H groups in total. The average molecular weight is 283 g/mol. The van der Waals surface area contributed by atoms with Crippen LogP contribution >= 0.6 is 11.6 Å².